The smallest absolute Gasteiger partial charge is 0.295 e. The van der Waals surface area contributed by atoms with Crippen LogP contribution in [-0.4, -0.2) is 30.4 Å². The van der Waals surface area contributed by atoms with E-state index in [0.717, 1.165) is 23.2 Å². The van der Waals surface area contributed by atoms with Crippen LogP contribution in [0.25, 0.3) is 0 Å². The number of aryl methyl sites for hydroxylation is 2. The second-order valence-corrected chi connectivity index (χ2v) is 10.1. The molecule has 0 radical (unpaired) electrons. The van der Waals surface area contributed by atoms with Crippen molar-refractivity contribution in [3.63, 3.8) is 0 Å². The first kappa shape index (κ1) is 22.4. The number of hydrogen-bond donors (Lipinski definition) is 2. The SMILES string of the molecule is Cc1cc2c(c(S(=O)(=O)O)c1)/C(=N/Nc1ccc(N=Nc3ccccc3)cc1)C1(C)OC1CC2. The number of anilines is 1. The van der Waals surface area contributed by atoms with Crippen LogP contribution >= 0.6 is 0 Å². The Morgan fingerprint density at radius 2 is 1.71 bits per heavy atom. The molecule has 174 valence electrons. The summed E-state index contributed by atoms with van der Waals surface area (Å²) in [5.74, 6) is 0. The van der Waals surface area contributed by atoms with Gasteiger partial charge < -0.3 is 4.74 Å². The fraction of sp³-hybridized carbons (Fsp3) is 0.240. The highest BCUT2D eigenvalue weighted by molar-refractivity contribution is 7.86. The number of ether oxygens (including phenoxy) is 1. The number of nitrogens with zero attached hydrogens (tertiary/aromatic N) is 3. The summed E-state index contributed by atoms with van der Waals surface area (Å²) in [6.45, 7) is 3.71. The zero-order valence-corrected chi connectivity index (χ0v) is 19.6. The van der Waals surface area contributed by atoms with Gasteiger partial charge in [0.05, 0.1) is 23.2 Å². The molecule has 2 aliphatic rings. The molecule has 0 aromatic heterocycles. The zero-order valence-electron chi connectivity index (χ0n) is 18.8. The van der Waals surface area contributed by atoms with Gasteiger partial charge >= 0.3 is 0 Å². The van der Waals surface area contributed by atoms with Gasteiger partial charge in [-0.3, -0.25) is 9.98 Å². The Morgan fingerprint density at radius 1 is 1.03 bits per heavy atom. The van der Waals surface area contributed by atoms with E-state index in [1.807, 2.05) is 62.4 Å². The molecule has 1 saturated heterocycles. The largest absolute Gasteiger partial charge is 0.359 e. The molecular weight excluding hydrogens is 452 g/mol. The van der Waals surface area contributed by atoms with Crippen LogP contribution < -0.4 is 5.43 Å². The molecule has 2 unspecified atom stereocenters. The van der Waals surface area contributed by atoms with Crippen LogP contribution in [0.1, 0.15) is 30.0 Å². The van der Waals surface area contributed by atoms with Crippen LogP contribution in [0.5, 0.6) is 0 Å². The maximum Gasteiger partial charge on any atom is 0.295 e. The number of fused-ring (bicyclic) bond motifs is 2. The van der Waals surface area contributed by atoms with Crippen molar-refractivity contribution in [1.82, 2.24) is 0 Å². The minimum atomic E-state index is -4.45. The third-order valence-electron chi connectivity index (χ3n) is 6.13. The lowest BCUT2D eigenvalue weighted by atomic mass is 9.94. The van der Waals surface area contributed by atoms with Crippen molar-refractivity contribution in [2.24, 2.45) is 15.3 Å². The van der Waals surface area contributed by atoms with Crippen LogP contribution in [0, 0.1) is 6.92 Å². The molecule has 3 aromatic carbocycles. The highest BCUT2D eigenvalue weighted by Gasteiger charge is 2.58. The van der Waals surface area contributed by atoms with Crippen LogP contribution in [0.3, 0.4) is 0 Å². The fourth-order valence-corrected chi connectivity index (χ4v) is 5.15. The summed E-state index contributed by atoms with van der Waals surface area (Å²) in [4.78, 5) is -0.142. The quantitative estimate of drug-likeness (QED) is 0.216. The standard InChI is InChI=1S/C25H24N4O4S/c1-16-14-17-8-13-22-25(2,33-22)24(23(17)21(15-16)34(30,31)32)29-28-20-11-9-19(10-12-20)27-26-18-6-4-3-5-7-18/h3-7,9-12,14-15,22,28H,8,13H2,1-2H3,(H,30,31,32)/b27-26?,29-24-. The summed E-state index contributed by atoms with van der Waals surface area (Å²) < 4.78 is 40.3. The number of benzene rings is 3. The normalized spacial score (nSPS) is 22.8. The van der Waals surface area contributed by atoms with E-state index in [2.05, 4.69) is 20.8 Å². The molecule has 3 aromatic rings. The predicted octanol–water partition coefficient (Wildman–Crippen LogP) is 5.58. The van der Waals surface area contributed by atoms with Crippen molar-refractivity contribution in [2.45, 2.75) is 43.3 Å². The highest BCUT2D eigenvalue weighted by Crippen LogP contribution is 2.47. The van der Waals surface area contributed by atoms with E-state index in [1.54, 1.807) is 12.1 Å². The van der Waals surface area contributed by atoms with Gasteiger partial charge in [-0.15, -0.1) is 0 Å². The Bertz CT molecular complexity index is 1400. The zero-order chi connectivity index (χ0) is 23.9. The van der Waals surface area contributed by atoms with Gasteiger partial charge in [0.15, 0.2) is 0 Å². The summed E-state index contributed by atoms with van der Waals surface area (Å²) in [6.07, 6.45) is 1.33. The molecule has 1 fully saturated rings. The van der Waals surface area contributed by atoms with Gasteiger partial charge in [-0.25, -0.2) is 0 Å². The fourth-order valence-electron chi connectivity index (χ4n) is 4.33. The Balaban J connectivity index is 1.46. The summed E-state index contributed by atoms with van der Waals surface area (Å²) in [5.41, 5.74) is 6.91. The van der Waals surface area contributed by atoms with Crippen LogP contribution in [0.4, 0.5) is 17.1 Å². The number of epoxide rings is 1. The van der Waals surface area contributed by atoms with Crippen molar-refractivity contribution >= 4 is 32.9 Å². The minimum Gasteiger partial charge on any atom is -0.359 e. The van der Waals surface area contributed by atoms with Crippen LogP contribution in [0.2, 0.25) is 0 Å². The number of hydrogen-bond acceptors (Lipinski definition) is 7. The van der Waals surface area contributed by atoms with Gasteiger partial charge in [0, 0.05) is 5.56 Å². The first-order valence-corrected chi connectivity index (χ1v) is 12.4. The summed E-state index contributed by atoms with van der Waals surface area (Å²) in [6, 6.07) is 20.1. The van der Waals surface area contributed by atoms with Crippen LogP contribution in [-0.2, 0) is 21.3 Å². The molecule has 8 nitrogen and oxygen atoms in total. The molecule has 34 heavy (non-hydrogen) atoms. The van der Waals surface area contributed by atoms with Gasteiger partial charge in [0.2, 0.25) is 0 Å². The molecule has 2 N–H and O–H groups in total. The molecule has 2 atom stereocenters. The van der Waals surface area contributed by atoms with E-state index in [0.29, 0.717) is 29.1 Å². The molecule has 0 saturated carbocycles. The van der Waals surface area contributed by atoms with E-state index in [9.17, 15) is 13.0 Å². The van der Waals surface area contributed by atoms with Gasteiger partial charge in [0.25, 0.3) is 10.1 Å². The number of azo groups is 1. The van der Waals surface area contributed by atoms with Crippen LogP contribution in [0.15, 0.2) is 87.0 Å². The topological polar surface area (TPSA) is 116 Å². The second-order valence-electron chi connectivity index (χ2n) is 8.68. The summed E-state index contributed by atoms with van der Waals surface area (Å²) in [5, 5.41) is 13.0. The van der Waals surface area contributed by atoms with Crippen molar-refractivity contribution in [1.29, 1.82) is 0 Å². The molecule has 5 rings (SSSR count). The van der Waals surface area contributed by atoms with Crippen molar-refractivity contribution in [3.8, 4) is 0 Å². The van der Waals surface area contributed by atoms with Gasteiger partial charge in [-0.2, -0.15) is 23.7 Å². The lowest BCUT2D eigenvalue weighted by molar-refractivity contribution is 0.345. The van der Waals surface area contributed by atoms with E-state index in [-0.39, 0.29) is 11.0 Å². The third-order valence-corrected chi connectivity index (χ3v) is 7.01. The Hall–Kier alpha value is -3.40. The average Bonchev–Trinajstić information content (AvgIpc) is 3.49. The molecule has 9 heteroatoms. The molecule has 0 bridgehead atoms. The van der Waals surface area contributed by atoms with Crippen molar-refractivity contribution in [2.75, 3.05) is 5.43 Å². The van der Waals surface area contributed by atoms with E-state index in [1.165, 1.54) is 6.07 Å². The molecule has 1 heterocycles. The number of hydrazone groups is 1. The number of nitrogens with one attached hydrogen (secondary N) is 1. The maximum atomic E-state index is 12.2. The van der Waals surface area contributed by atoms with E-state index >= 15 is 0 Å². The Morgan fingerprint density at radius 3 is 2.38 bits per heavy atom. The highest BCUT2D eigenvalue weighted by atomic mass is 32.2. The first-order chi connectivity index (χ1) is 16.2. The minimum absolute atomic E-state index is 0.0595. The third kappa shape index (κ3) is 4.37. The van der Waals surface area contributed by atoms with Gasteiger partial charge in [-0.05, 0) is 80.3 Å². The van der Waals surface area contributed by atoms with E-state index < -0.39 is 15.7 Å². The molecule has 1 aliphatic heterocycles. The average molecular weight is 477 g/mol. The molecule has 1 aliphatic carbocycles. The second kappa shape index (κ2) is 8.43. The summed E-state index contributed by atoms with van der Waals surface area (Å²) in [7, 11) is -4.45. The lowest BCUT2D eigenvalue weighted by Crippen LogP contribution is -2.27. The van der Waals surface area contributed by atoms with Gasteiger partial charge in [0.1, 0.15) is 16.2 Å². The van der Waals surface area contributed by atoms with Crippen molar-refractivity contribution in [3.05, 3.63) is 83.4 Å². The van der Waals surface area contributed by atoms with Gasteiger partial charge in [-0.1, -0.05) is 24.3 Å². The number of rotatable bonds is 5. The Labute approximate surface area is 198 Å². The lowest BCUT2D eigenvalue weighted by Gasteiger charge is -2.17. The Kier molecular flexibility index (Phi) is 5.55. The summed E-state index contributed by atoms with van der Waals surface area (Å²) >= 11 is 0. The van der Waals surface area contributed by atoms with E-state index in [4.69, 9.17) is 4.74 Å². The molecule has 0 spiro atoms. The monoisotopic (exact) mass is 476 g/mol. The first-order valence-electron chi connectivity index (χ1n) is 10.9. The predicted molar refractivity (Wildman–Crippen MR) is 130 cm³/mol. The maximum absolute atomic E-state index is 12.2. The van der Waals surface area contributed by atoms with Crippen molar-refractivity contribution < 1.29 is 17.7 Å². The molecule has 0 amide bonds. The molecular formula is C25H24N4O4S.